The van der Waals surface area contributed by atoms with Crippen LogP contribution in [-0.4, -0.2) is 49.4 Å². The van der Waals surface area contributed by atoms with Gasteiger partial charge in [0.1, 0.15) is 11.2 Å². The molecule has 29 heavy (non-hydrogen) atoms. The summed E-state index contributed by atoms with van der Waals surface area (Å²) in [6.07, 6.45) is 0.729. The Morgan fingerprint density at radius 2 is 1.59 bits per heavy atom. The normalized spacial score (nSPS) is 14.6. The van der Waals surface area contributed by atoms with Crippen LogP contribution in [0.2, 0.25) is 0 Å². The molecule has 2 aromatic carbocycles. The summed E-state index contributed by atoms with van der Waals surface area (Å²) in [7, 11) is 0. The fraction of sp³-hybridized carbons (Fsp3) is 0.391. The fourth-order valence-corrected chi connectivity index (χ4v) is 3.50. The number of carbonyl (C=O) groups is 2. The second kappa shape index (κ2) is 9.07. The van der Waals surface area contributed by atoms with Gasteiger partial charge in [0.2, 0.25) is 11.8 Å². The van der Waals surface area contributed by atoms with Gasteiger partial charge < -0.3 is 15.1 Å². The van der Waals surface area contributed by atoms with Gasteiger partial charge in [-0.15, -0.1) is 0 Å². The maximum atomic E-state index is 13.1. The molecule has 0 radical (unpaired) electrons. The van der Waals surface area contributed by atoms with Crippen molar-refractivity contribution in [2.24, 2.45) is 5.41 Å². The molecule has 1 N–H and O–H groups in total. The van der Waals surface area contributed by atoms with Crippen molar-refractivity contribution in [3.63, 3.8) is 0 Å². The maximum absolute atomic E-state index is 13.1. The summed E-state index contributed by atoms with van der Waals surface area (Å²) in [5, 5.41) is 2.90. The van der Waals surface area contributed by atoms with Crippen LogP contribution in [0.4, 0.5) is 10.1 Å². The Bertz CT molecular complexity index is 829. The average molecular weight is 397 g/mol. The van der Waals surface area contributed by atoms with Crippen molar-refractivity contribution in [1.29, 1.82) is 0 Å². The summed E-state index contributed by atoms with van der Waals surface area (Å²) in [6.45, 7) is 6.25. The molecular weight excluding hydrogens is 369 g/mol. The SMILES string of the molecule is CC(C)(C(=O)NCCc1ccccc1)C(=O)N1CCN(c2ccc(F)cc2)CC1. The molecule has 2 aromatic rings. The zero-order chi connectivity index (χ0) is 20.9. The van der Waals surface area contributed by atoms with Gasteiger partial charge in [-0.25, -0.2) is 4.39 Å². The minimum absolute atomic E-state index is 0.159. The van der Waals surface area contributed by atoms with Gasteiger partial charge in [-0.3, -0.25) is 9.59 Å². The number of amides is 2. The number of halogens is 1. The molecule has 1 aliphatic heterocycles. The third-order valence-electron chi connectivity index (χ3n) is 5.40. The Morgan fingerprint density at radius 1 is 0.966 bits per heavy atom. The Morgan fingerprint density at radius 3 is 2.21 bits per heavy atom. The first kappa shape index (κ1) is 20.8. The zero-order valence-electron chi connectivity index (χ0n) is 17.0. The van der Waals surface area contributed by atoms with Gasteiger partial charge in [0, 0.05) is 38.4 Å². The second-order valence-electron chi connectivity index (χ2n) is 7.87. The van der Waals surface area contributed by atoms with Crippen molar-refractivity contribution < 1.29 is 14.0 Å². The highest BCUT2D eigenvalue weighted by molar-refractivity contribution is 6.04. The van der Waals surface area contributed by atoms with Crippen molar-refractivity contribution in [2.45, 2.75) is 20.3 Å². The van der Waals surface area contributed by atoms with Gasteiger partial charge in [0.05, 0.1) is 0 Å². The molecule has 1 fully saturated rings. The largest absolute Gasteiger partial charge is 0.368 e. The van der Waals surface area contributed by atoms with E-state index in [0.29, 0.717) is 32.7 Å². The lowest BCUT2D eigenvalue weighted by molar-refractivity contribution is -0.148. The van der Waals surface area contributed by atoms with Crippen molar-refractivity contribution >= 4 is 17.5 Å². The third-order valence-corrected chi connectivity index (χ3v) is 5.40. The Hall–Kier alpha value is -2.89. The van der Waals surface area contributed by atoms with Crippen molar-refractivity contribution in [3.05, 3.63) is 66.0 Å². The van der Waals surface area contributed by atoms with E-state index in [4.69, 9.17) is 0 Å². The quantitative estimate of drug-likeness (QED) is 0.763. The molecule has 0 atom stereocenters. The molecule has 1 aliphatic rings. The van der Waals surface area contributed by atoms with Crippen molar-refractivity contribution in [1.82, 2.24) is 10.2 Å². The summed E-state index contributed by atoms with van der Waals surface area (Å²) >= 11 is 0. The van der Waals surface area contributed by atoms with Gasteiger partial charge in [-0.05, 0) is 50.1 Å². The molecule has 5 nitrogen and oxygen atoms in total. The van der Waals surface area contributed by atoms with Gasteiger partial charge in [-0.2, -0.15) is 0 Å². The number of hydrogen-bond donors (Lipinski definition) is 1. The number of nitrogens with one attached hydrogen (secondary N) is 1. The maximum Gasteiger partial charge on any atom is 0.237 e. The molecule has 154 valence electrons. The summed E-state index contributed by atoms with van der Waals surface area (Å²) in [4.78, 5) is 29.5. The van der Waals surface area contributed by atoms with Crippen LogP contribution in [0.1, 0.15) is 19.4 Å². The van der Waals surface area contributed by atoms with E-state index in [0.717, 1.165) is 17.7 Å². The van der Waals surface area contributed by atoms with E-state index >= 15 is 0 Å². The third kappa shape index (κ3) is 5.13. The monoisotopic (exact) mass is 397 g/mol. The van der Waals surface area contributed by atoms with Crippen LogP contribution in [0, 0.1) is 11.2 Å². The lowest BCUT2D eigenvalue weighted by atomic mass is 9.90. The first-order valence-electron chi connectivity index (χ1n) is 10.00. The molecule has 0 spiro atoms. The summed E-state index contributed by atoms with van der Waals surface area (Å²) < 4.78 is 13.1. The predicted octanol–water partition coefficient (Wildman–Crippen LogP) is 2.86. The van der Waals surface area contributed by atoms with Gasteiger partial charge >= 0.3 is 0 Å². The van der Waals surface area contributed by atoms with Crippen LogP contribution in [0.5, 0.6) is 0 Å². The standard InChI is InChI=1S/C23H28FN3O2/c1-23(2,21(28)25-13-12-18-6-4-3-5-7-18)22(29)27-16-14-26(15-17-27)20-10-8-19(24)9-11-20/h3-11H,12-17H2,1-2H3,(H,25,28). The van der Waals surface area contributed by atoms with Gasteiger partial charge in [-0.1, -0.05) is 30.3 Å². The Labute approximate surface area is 171 Å². The van der Waals surface area contributed by atoms with Crippen LogP contribution >= 0.6 is 0 Å². The van der Waals surface area contributed by atoms with E-state index in [9.17, 15) is 14.0 Å². The molecule has 0 bridgehead atoms. The second-order valence-corrected chi connectivity index (χ2v) is 7.87. The molecule has 6 heteroatoms. The lowest BCUT2D eigenvalue weighted by Crippen LogP contribution is -2.55. The molecule has 0 aliphatic carbocycles. The lowest BCUT2D eigenvalue weighted by Gasteiger charge is -2.39. The van der Waals surface area contributed by atoms with E-state index in [1.54, 1.807) is 30.9 Å². The van der Waals surface area contributed by atoms with E-state index in [-0.39, 0.29) is 17.6 Å². The fourth-order valence-electron chi connectivity index (χ4n) is 3.50. The van der Waals surface area contributed by atoms with Crippen molar-refractivity contribution in [3.8, 4) is 0 Å². The number of anilines is 1. The van der Waals surface area contributed by atoms with Crippen LogP contribution in [0.15, 0.2) is 54.6 Å². The minimum Gasteiger partial charge on any atom is -0.368 e. The molecule has 2 amide bonds. The molecule has 0 saturated carbocycles. The smallest absolute Gasteiger partial charge is 0.237 e. The van der Waals surface area contributed by atoms with E-state index in [2.05, 4.69) is 10.2 Å². The molecular formula is C23H28FN3O2. The highest BCUT2D eigenvalue weighted by atomic mass is 19.1. The first-order valence-corrected chi connectivity index (χ1v) is 10.00. The molecule has 1 heterocycles. The summed E-state index contributed by atoms with van der Waals surface area (Å²) in [6, 6.07) is 16.3. The summed E-state index contributed by atoms with van der Waals surface area (Å²) in [5.74, 6) is -0.671. The van der Waals surface area contributed by atoms with Crippen LogP contribution in [-0.2, 0) is 16.0 Å². The first-order chi connectivity index (χ1) is 13.9. The predicted molar refractivity (Wildman–Crippen MR) is 112 cm³/mol. The number of rotatable bonds is 6. The minimum atomic E-state index is -1.12. The average Bonchev–Trinajstić information content (AvgIpc) is 2.74. The van der Waals surface area contributed by atoms with Crippen molar-refractivity contribution in [2.75, 3.05) is 37.6 Å². The molecule has 0 aromatic heterocycles. The van der Waals surface area contributed by atoms with Crippen LogP contribution < -0.4 is 10.2 Å². The topological polar surface area (TPSA) is 52.7 Å². The van der Waals surface area contributed by atoms with E-state index in [1.807, 2.05) is 30.3 Å². The van der Waals surface area contributed by atoms with Crippen LogP contribution in [0.25, 0.3) is 0 Å². The Kier molecular flexibility index (Phi) is 6.52. The molecule has 1 saturated heterocycles. The number of piperazine rings is 1. The van der Waals surface area contributed by atoms with Gasteiger partial charge in [0.15, 0.2) is 0 Å². The number of hydrogen-bond acceptors (Lipinski definition) is 3. The number of nitrogens with zero attached hydrogens (tertiary/aromatic N) is 2. The van der Waals surface area contributed by atoms with E-state index < -0.39 is 5.41 Å². The molecule has 3 rings (SSSR count). The number of carbonyl (C=O) groups excluding carboxylic acids is 2. The summed E-state index contributed by atoms with van der Waals surface area (Å²) in [5.41, 5.74) is 0.972. The number of benzene rings is 2. The Balaban J connectivity index is 1.50. The van der Waals surface area contributed by atoms with E-state index in [1.165, 1.54) is 12.1 Å². The van der Waals surface area contributed by atoms with Crippen LogP contribution in [0.3, 0.4) is 0 Å². The van der Waals surface area contributed by atoms with Gasteiger partial charge in [0.25, 0.3) is 0 Å². The highest BCUT2D eigenvalue weighted by Crippen LogP contribution is 2.22. The molecule has 0 unspecified atom stereocenters. The highest BCUT2D eigenvalue weighted by Gasteiger charge is 2.39. The zero-order valence-corrected chi connectivity index (χ0v) is 17.0.